The topological polar surface area (TPSA) is 70.1 Å². The summed E-state index contributed by atoms with van der Waals surface area (Å²) in [5.41, 5.74) is 0.886. The zero-order valence-corrected chi connectivity index (χ0v) is 13.7. The molecule has 22 heavy (non-hydrogen) atoms. The molecular weight excluding hydrogens is 345 g/mol. The van der Waals surface area contributed by atoms with Crippen molar-refractivity contribution < 1.29 is 14.7 Å². The summed E-state index contributed by atoms with van der Waals surface area (Å²) in [7, 11) is 0. The first-order chi connectivity index (χ1) is 10.5. The van der Waals surface area contributed by atoms with Crippen LogP contribution in [0.2, 0.25) is 5.02 Å². The normalized spacial score (nSPS) is 12.1. The van der Waals surface area contributed by atoms with E-state index in [0.29, 0.717) is 5.02 Å². The highest BCUT2D eigenvalue weighted by Gasteiger charge is 2.19. The minimum atomic E-state index is -1.20. The standard InChI is InChI=1S/C15H13Cl2NO3S/c16-7-12(19)5-10(6-14(20)21)13-8-18-15(22-13)9-1-3-11(17)4-2-9/h1-4,8,10H,5-7H2,(H,20,21)/p-1. The molecule has 1 atom stereocenters. The van der Waals surface area contributed by atoms with E-state index in [9.17, 15) is 14.7 Å². The maximum absolute atomic E-state index is 11.5. The summed E-state index contributed by atoms with van der Waals surface area (Å²) in [5, 5.41) is 12.3. The van der Waals surface area contributed by atoms with Crippen molar-refractivity contribution >= 4 is 46.3 Å². The monoisotopic (exact) mass is 356 g/mol. The molecule has 2 rings (SSSR count). The molecule has 0 spiro atoms. The van der Waals surface area contributed by atoms with Gasteiger partial charge in [0.15, 0.2) is 0 Å². The lowest BCUT2D eigenvalue weighted by molar-refractivity contribution is -0.306. The van der Waals surface area contributed by atoms with Gasteiger partial charge in [0.2, 0.25) is 0 Å². The highest BCUT2D eigenvalue weighted by molar-refractivity contribution is 7.15. The Hall–Kier alpha value is -1.43. The smallest absolute Gasteiger partial charge is 0.148 e. The third kappa shape index (κ3) is 4.53. The number of carbonyl (C=O) groups is 2. The number of alkyl halides is 1. The minimum Gasteiger partial charge on any atom is -0.550 e. The van der Waals surface area contributed by atoms with Gasteiger partial charge in [-0.15, -0.1) is 22.9 Å². The molecule has 4 nitrogen and oxygen atoms in total. The van der Waals surface area contributed by atoms with E-state index in [0.717, 1.165) is 15.4 Å². The summed E-state index contributed by atoms with van der Waals surface area (Å²) in [6, 6.07) is 7.19. The first kappa shape index (κ1) is 16.9. The summed E-state index contributed by atoms with van der Waals surface area (Å²) < 4.78 is 0. The van der Waals surface area contributed by atoms with E-state index in [1.807, 2.05) is 12.1 Å². The molecule has 0 saturated carbocycles. The number of hydrogen-bond acceptors (Lipinski definition) is 5. The molecule has 0 fully saturated rings. The maximum Gasteiger partial charge on any atom is 0.148 e. The molecule has 0 aliphatic heterocycles. The molecule has 2 aromatic rings. The summed E-state index contributed by atoms with van der Waals surface area (Å²) in [6.45, 7) is 0. The van der Waals surface area contributed by atoms with E-state index >= 15 is 0 Å². The van der Waals surface area contributed by atoms with Crippen molar-refractivity contribution in [3.05, 3.63) is 40.4 Å². The van der Waals surface area contributed by atoms with Gasteiger partial charge < -0.3 is 9.90 Å². The number of hydrogen-bond donors (Lipinski definition) is 0. The number of thiazole rings is 1. The number of nitrogens with zero attached hydrogens (tertiary/aromatic N) is 1. The van der Waals surface area contributed by atoms with E-state index in [-0.39, 0.29) is 24.5 Å². The lowest BCUT2D eigenvalue weighted by Crippen LogP contribution is -2.25. The van der Waals surface area contributed by atoms with Crippen LogP contribution in [0.4, 0.5) is 0 Å². The van der Waals surface area contributed by atoms with E-state index < -0.39 is 11.9 Å². The fourth-order valence-corrected chi connectivity index (χ4v) is 3.26. The molecule has 1 aromatic carbocycles. The lowest BCUT2D eigenvalue weighted by atomic mass is 9.98. The highest BCUT2D eigenvalue weighted by atomic mass is 35.5. The number of rotatable bonds is 7. The molecule has 0 bridgehead atoms. The van der Waals surface area contributed by atoms with Crippen LogP contribution < -0.4 is 5.11 Å². The van der Waals surface area contributed by atoms with Gasteiger partial charge in [-0.1, -0.05) is 23.7 Å². The summed E-state index contributed by atoms with van der Waals surface area (Å²) in [5.74, 6) is -2.00. The van der Waals surface area contributed by atoms with Crippen LogP contribution in [0, 0.1) is 0 Å². The molecule has 0 saturated heterocycles. The van der Waals surface area contributed by atoms with Gasteiger partial charge >= 0.3 is 0 Å². The van der Waals surface area contributed by atoms with E-state index in [2.05, 4.69) is 4.98 Å². The van der Waals surface area contributed by atoms with Gasteiger partial charge in [-0.3, -0.25) is 4.79 Å². The Balaban J connectivity index is 2.23. The first-order valence-corrected chi connectivity index (χ1v) is 8.21. The fourth-order valence-electron chi connectivity index (χ4n) is 2.01. The second-order valence-corrected chi connectivity index (χ2v) is 6.49. The first-order valence-electron chi connectivity index (χ1n) is 6.48. The van der Waals surface area contributed by atoms with Crippen molar-refractivity contribution in [1.29, 1.82) is 0 Å². The Labute approximate surface area is 141 Å². The molecule has 116 valence electrons. The molecule has 0 N–H and O–H groups in total. The zero-order valence-electron chi connectivity index (χ0n) is 11.4. The van der Waals surface area contributed by atoms with E-state index in [1.54, 1.807) is 18.3 Å². The van der Waals surface area contributed by atoms with Crippen molar-refractivity contribution in [3.63, 3.8) is 0 Å². The van der Waals surface area contributed by atoms with E-state index in [4.69, 9.17) is 23.2 Å². The zero-order chi connectivity index (χ0) is 16.1. The maximum atomic E-state index is 11.5. The largest absolute Gasteiger partial charge is 0.550 e. The number of halogens is 2. The number of benzene rings is 1. The van der Waals surface area contributed by atoms with Gasteiger partial charge in [0.05, 0.1) is 5.88 Å². The average Bonchev–Trinajstić information content (AvgIpc) is 2.96. The van der Waals surface area contributed by atoms with E-state index in [1.165, 1.54) is 11.3 Å². The van der Waals surface area contributed by atoms with Gasteiger partial charge in [-0.2, -0.15) is 0 Å². The highest BCUT2D eigenvalue weighted by Crippen LogP contribution is 2.33. The van der Waals surface area contributed by atoms with Crippen LogP contribution in [0.1, 0.15) is 23.6 Å². The molecule has 0 aliphatic rings. The SMILES string of the molecule is O=C([O-])CC(CC(=O)CCl)c1cnc(-c2ccc(Cl)cc2)s1. The second-order valence-electron chi connectivity index (χ2n) is 4.72. The number of Topliss-reactive ketones (excluding diaryl/α,β-unsaturated/α-hetero) is 1. The molecule has 0 aliphatic carbocycles. The quantitative estimate of drug-likeness (QED) is 0.715. The van der Waals surface area contributed by atoms with Crippen LogP contribution >= 0.6 is 34.5 Å². The summed E-state index contributed by atoms with van der Waals surface area (Å²) in [4.78, 5) is 27.4. The van der Waals surface area contributed by atoms with Crippen LogP contribution in [0.5, 0.6) is 0 Å². The Bertz CT molecular complexity index is 670. The number of carboxylic acids is 1. The minimum absolute atomic E-state index is 0.0692. The molecule has 0 amide bonds. The third-order valence-corrected chi connectivity index (χ3v) is 4.81. The van der Waals surface area contributed by atoms with Crippen molar-refractivity contribution in [3.8, 4) is 10.6 Å². The predicted molar refractivity (Wildman–Crippen MR) is 85.3 cm³/mol. The van der Waals surface area contributed by atoms with Crippen LogP contribution in [0.25, 0.3) is 10.6 Å². The Kier molecular flexibility index (Phi) is 5.94. The number of ketones is 1. The van der Waals surface area contributed by atoms with Crippen LogP contribution in [-0.2, 0) is 9.59 Å². The Morgan fingerprint density at radius 3 is 2.50 bits per heavy atom. The van der Waals surface area contributed by atoms with Gasteiger partial charge in [0.25, 0.3) is 0 Å². The number of aromatic nitrogens is 1. The predicted octanol–water partition coefficient (Wildman–Crippen LogP) is 2.89. The molecular formula is C15H12Cl2NO3S-. The van der Waals surface area contributed by atoms with Crippen molar-refractivity contribution in [2.75, 3.05) is 5.88 Å². The summed E-state index contributed by atoms with van der Waals surface area (Å²) in [6.07, 6.45) is 1.44. The summed E-state index contributed by atoms with van der Waals surface area (Å²) >= 11 is 12.7. The van der Waals surface area contributed by atoms with Crippen molar-refractivity contribution in [2.24, 2.45) is 0 Å². The number of carboxylic acid groups (broad SMARTS) is 1. The van der Waals surface area contributed by atoms with Crippen LogP contribution in [0.15, 0.2) is 30.5 Å². The molecule has 7 heteroatoms. The third-order valence-electron chi connectivity index (χ3n) is 3.05. The van der Waals surface area contributed by atoms with Gasteiger partial charge in [0.1, 0.15) is 10.8 Å². The average molecular weight is 357 g/mol. The van der Waals surface area contributed by atoms with Gasteiger partial charge in [-0.25, -0.2) is 4.98 Å². The molecule has 0 radical (unpaired) electrons. The Morgan fingerprint density at radius 1 is 1.23 bits per heavy atom. The van der Waals surface area contributed by atoms with Gasteiger partial charge in [-0.05, 0) is 18.6 Å². The second kappa shape index (κ2) is 7.72. The Morgan fingerprint density at radius 2 is 1.91 bits per heavy atom. The van der Waals surface area contributed by atoms with Crippen LogP contribution in [0.3, 0.4) is 0 Å². The molecule has 1 heterocycles. The number of carbonyl (C=O) groups excluding carboxylic acids is 2. The van der Waals surface area contributed by atoms with Crippen molar-refractivity contribution in [1.82, 2.24) is 4.98 Å². The lowest BCUT2D eigenvalue weighted by Gasteiger charge is -2.14. The van der Waals surface area contributed by atoms with Gasteiger partial charge in [0, 0.05) is 40.0 Å². The number of aliphatic carboxylic acids is 1. The fraction of sp³-hybridized carbons (Fsp3) is 0.267. The molecule has 1 unspecified atom stereocenters. The van der Waals surface area contributed by atoms with Crippen molar-refractivity contribution in [2.45, 2.75) is 18.8 Å². The molecule has 1 aromatic heterocycles. The van der Waals surface area contributed by atoms with Crippen LogP contribution in [-0.4, -0.2) is 22.6 Å².